The number of hydrogen-bond acceptors (Lipinski definition) is 5. The van der Waals surface area contributed by atoms with E-state index in [1.807, 2.05) is 26.0 Å². The summed E-state index contributed by atoms with van der Waals surface area (Å²) in [6.45, 7) is 3.69. The van der Waals surface area contributed by atoms with Crippen molar-refractivity contribution in [2.75, 3.05) is 0 Å². The quantitative estimate of drug-likeness (QED) is 0.362. The molecule has 0 atom stereocenters. The molecule has 1 aromatic heterocycles. The molecule has 144 valence electrons. The van der Waals surface area contributed by atoms with Crippen molar-refractivity contribution in [2.45, 2.75) is 33.3 Å². The minimum absolute atomic E-state index is 0.0412. The van der Waals surface area contributed by atoms with E-state index in [1.54, 1.807) is 0 Å². The van der Waals surface area contributed by atoms with Gasteiger partial charge in [0, 0.05) is 29.0 Å². The zero-order valence-electron chi connectivity index (χ0n) is 15.6. The van der Waals surface area contributed by atoms with E-state index in [4.69, 9.17) is 9.15 Å². The van der Waals surface area contributed by atoms with E-state index in [0.717, 1.165) is 11.1 Å². The van der Waals surface area contributed by atoms with Gasteiger partial charge in [-0.2, -0.15) is 0 Å². The Morgan fingerprint density at radius 3 is 2.46 bits per heavy atom. The van der Waals surface area contributed by atoms with E-state index >= 15 is 0 Å². The molecule has 0 bridgehead atoms. The molecule has 6 heteroatoms. The first-order chi connectivity index (χ1) is 13.3. The zero-order valence-corrected chi connectivity index (χ0v) is 15.6. The second-order valence-electron chi connectivity index (χ2n) is 6.57. The SMILES string of the molecule is Cc1ccc2c(COC(=O)CCC(=O)c3ccc(F)cc3)cc(=O)oc2c1C. The average molecular weight is 382 g/mol. The van der Waals surface area contributed by atoms with Gasteiger partial charge in [0.1, 0.15) is 18.0 Å². The van der Waals surface area contributed by atoms with Gasteiger partial charge < -0.3 is 9.15 Å². The molecular formula is C22H19FO5. The number of rotatable bonds is 6. The summed E-state index contributed by atoms with van der Waals surface area (Å²) in [4.78, 5) is 35.9. The zero-order chi connectivity index (χ0) is 20.3. The van der Waals surface area contributed by atoms with Gasteiger partial charge in [-0.05, 0) is 49.2 Å². The fraction of sp³-hybridized carbons (Fsp3) is 0.227. The van der Waals surface area contributed by atoms with Crippen LogP contribution in [0.5, 0.6) is 0 Å². The average Bonchev–Trinajstić information content (AvgIpc) is 2.68. The number of ketones is 1. The first kappa shape index (κ1) is 19.5. The molecule has 0 fully saturated rings. The fourth-order valence-corrected chi connectivity index (χ4v) is 2.87. The highest BCUT2D eigenvalue weighted by Crippen LogP contribution is 2.23. The summed E-state index contributed by atoms with van der Waals surface area (Å²) in [6, 6.07) is 10.2. The first-order valence-electron chi connectivity index (χ1n) is 8.82. The largest absolute Gasteiger partial charge is 0.461 e. The predicted octanol–water partition coefficient (Wildman–Crippen LogP) is 4.26. The van der Waals surface area contributed by atoms with Crippen LogP contribution in [0.4, 0.5) is 4.39 Å². The molecule has 2 aromatic carbocycles. The van der Waals surface area contributed by atoms with E-state index in [-0.39, 0.29) is 25.2 Å². The van der Waals surface area contributed by atoms with Crippen molar-refractivity contribution in [3.8, 4) is 0 Å². The summed E-state index contributed by atoms with van der Waals surface area (Å²) in [5.41, 5.74) is 2.69. The highest BCUT2D eigenvalue weighted by molar-refractivity contribution is 5.97. The standard InChI is InChI=1S/C22H19FO5/c1-13-3-8-18-16(11-21(26)28-22(18)14(13)2)12-27-20(25)10-9-19(24)15-4-6-17(23)7-5-15/h3-8,11H,9-10,12H2,1-2H3. The monoisotopic (exact) mass is 382 g/mol. The number of carbonyl (C=O) groups excluding carboxylic acids is 2. The van der Waals surface area contributed by atoms with Crippen LogP contribution < -0.4 is 5.63 Å². The van der Waals surface area contributed by atoms with Crippen LogP contribution in [0, 0.1) is 19.7 Å². The van der Waals surface area contributed by atoms with Crippen molar-refractivity contribution in [3.63, 3.8) is 0 Å². The van der Waals surface area contributed by atoms with Crippen LogP contribution in [-0.2, 0) is 16.1 Å². The lowest BCUT2D eigenvalue weighted by Gasteiger charge is -2.09. The second kappa shape index (κ2) is 8.17. The van der Waals surface area contributed by atoms with E-state index < -0.39 is 17.4 Å². The number of ether oxygens (including phenoxy) is 1. The predicted molar refractivity (Wildman–Crippen MR) is 102 cm³/mol. The minimum atomic E-state index is -0.555. The number of aryl methyl sites for hydroxylation is 2. The molecule has 28 heavy (non-hydrogen) atoms. The van der Waals surface area contributed by atoms with E-state index in [2.05, 4.69) is 0 Å². The van der Waals surface area contributed by atoms with Gasteiger partial charge in [0.05, 0.1) is 6.42 Å². The molecule has 0 aliphatic carbocycles. The number of carbonyl (C=O) groups is 2. The Kier molecular flexibility index (Phi) is 5.68. The van der Waals surface area contributed by atoms with E-state index in [0.29, 0.717) is 22.1 Å². The Labute approximate surface area is 160 Å². The van der Waals surface area contributed by atoms with Crippen LogP contribution in [0.25, 0.3) is 11.0 Å². The topological polar surface area (TPSA) is 73.6 Å². The van der Waals surface area contributed by atoms with Gasteiger partial charge in [-0.15, -0.1) is 0 Å². The van der Waals surface area contributed by atoms with Gasteiger partial charge in [0.25, 0.3) is 0 Å². The molecule has 0 spiro atoms. The smallest absolute Gasteiger partial charge is 0.336 e. The van der Waals surface area contributed by atoms with Crippen LogP contribution in [-0.4, -0.2) is 11.8 Å². The van der Waals surface area contributed by atoms with Crippen molar-refractivity contribution in [1.82, 2.24) is 0 Å². The van der Waals surface area contributed by atoms with E-state index in [9.17, 15) is 18.8 Å². The summed E-state index contributed by atoms with van der Waals surface area (Å²) in [7, 11) is 0. The van der Waals surface area contributed by atoms with Crippen LogP contribution in [0.1, 0.15) is 39.9 Å². The first-order valence-corrected chi connectivity index (χ1v) is 8.82. The number of halogens is 1. The number of benzene rings is 2. The maximum Gasteiger partial charge on any atom is 0.336 e. The molecule has 0 amide bonds. The Morgan fingerprint density at radius 2 is 1.75 bits per heavy atom. The molecule has 0 unspecified atom stereocenters. The summed E-state index contributed by atoms with van der Waals surface area (Å²) in [5.74, 6) is -1.25. The number of hydrogen-bond donors (Lipinski definition) is 0. The Hall–Kier alpha value is -3.28. The molecule has 1 heterocycles. The molecule has 0 N–H and O–H groups in total. The lowest BCUT2D eigenvalue weighted by molar-refractivity contribution is -0.144. The lowest BCUT2D eigenvalue weighted by atomic mass is 10.0. The molecule has 0 saturated heterocycles. The van der Waals surface area contributed by atoms with Gasteiger partial charge in [-0.25, -0.2) is 9.18 Å². The van der Waals surface area contributed by atoms with Gasteiger partial charge in [-0.3, -0.25) is 9.59 Å². The van der Waals surface area contributed by atoms with Crippen molar-refractivity contribution in [3.05, 3.63) is 81.0 Å². The number of Topliss-reactive ketones (excluding diaryl/α,β-unsaturated/α-hetero) is 1. The molecule has 0 aliphatic heterocycles. The molecule has 3 aromatic rings. The Bertz CT molecular complexity index is 1100. The molecule has 3 rings (SSSR count). The maximum absolute atomic E-state index is 12.9. The lowest BCUT2D eigenvalue weighted by Crippen LogP contribution is -2.10. The van der Waals surface area contributed by atoms with Crippen LogP contribution in [0.15, 0.2) is 51.7 Å². The fourth-order valence-electron chi connectivity index (χ4n) is 2.87. The molecule has 5 nitrogen and oxygen atoms in total. The van der Waals surface area contributed by atoms with Crippen LogP contribution in [0.3, 0.4) is 0 Å². The van der Waals surface area contributed by atoms with Crippen LogP contribution in [0.2, 0.25) is 0 Å². The van der Waals surface area contributed by atoms with Gasteiger partial charge in [-0.1, -0.05) is 12.1 Å². The summed E-state index contributed by atoms with van der Waals surface area (Å²) in [5, 5.41) is 0.706. The minimum Gasteiger partial charge on any atom is -0.461 e. The number of esters is 1. The molecule has 0 aliphatic rings. The molecular weight excluding hydrogens is 363 g/mol. The van der Waals surface area contributed by atoms with Crippen LogP contribution >= 0.6 is 0 Å². The van der Waals surface area contributed by atoms with Crippen molar-refractivity contribution < 1.29 is 23.1 Å². The van der Waals surface area contributed by atoms with E-state index in [1.165, 1.54) is 30.3 Å². The van der Waals surface area contributed by atoms with Gasteiger partial charge in [0.15, 0.2) is 5.78 Å². The summed E-state index contributed by atoms with van der Waals surface area (Å²) >= 11 is 0. The summed E-state index contributed by atoms with van der Waals surface area (Å²) in [6.07, 6.45) is -0.145. The third-order valence-corrected chi connectivity index (χ3v) is 4.63. The van der Waals surface area contributed by atoms with Crippen molar-refractivity contribution in [1.29, 1.82) is 0 Å². The van der Waals surface area contributed by atoms with Crippen molar-refractivity contribution in [2.24, 2.45) is 0 Å². The summed E-state index contributed by atoms with van der Waals surface area (Å²) < 4.78 is 23.4. The maximum atomic E-state index is 12.9. The van der Waals surface area contributed by atoms with Gasteiger partial charge in [0.2, 0.25) is 0 Å². The molecule has 0 saturated carbocycles. The normalized spacial score (nSPS) is 10.8. The highest BCUT2D eigenvalue weighted by atomic mass is 19.1. The number of fused-ring (bicyclic) bond motifs is 1. The second-order valence-corrected chi connectivity index (χ2v) is 6.57. The molecule has 0 radical (unpaired) electrons. The van der Waals surface area contributed by atoms with Crippen molar-refractivity contribution >= 4 is 22.7 Å². The third-order valence-electron chi connectivity index (χ3n) is 4.63. The Morgan fingerprint density at radius 1 is 1.04 bits per heavy atom. The highest BCUT2D eigenvalue weighted by Gasteiger charge is 2.13. The third kappa shape index (κ3) is 4.34. The van der Waals surface area contributed by atoms with Gasteiger partial charge >= 0.3 is 11.6 Å². The Balaban J connectivity index is 1.65.